The molecule has 2 N–H and O–H groups in total. The highest BCUT2D eigenvalue weighted by Gasteiger charge is 2.66. The molecule has 5 nitrogen and oxygen atoms in total. The first-order chi connectivity index (χ1) is 14.4. The summed E-state index contributed by atoms with van der Waals surface area (Å²) in [5, 5.41) is 22.0. The monoisotopic (exact) mass is 461 g/mol. The van der Waals surface area contributed by atoms with E-state index in [0.717, 1.165) is 5.56 Å². The minimum atomic E-state index is -1.96. The summed E-state index contributed by atoms with van der Waals surface area (Å²) in [6.45, 7) is 20.5. The number of likely N-dealkylation sites (tertiary alicyclic amines) is 1. The van der Waals surface area contributed by atoms with Crippen LogP contribution >= 0.6 is 0 Å². The van der Waals surface area contributed by atoms with Crippen molar-refractivity contribution in [2.45, 2.75) is 97.8 Å². The van der Waals surface area contributed by atoms with E-state index in [1.54, 1.807) is 11.8 Å². The molecule has 1 aromatic carbocycles. The van der Waals surface area contributed by atoms with Gasteiger partial charge in [-0.2, -0.15) is 0 Å². The van der Waals surface area contributed by atoms with Gasteiger partial charge >= 0.3 is 5.97 Å². The average molecular weight is 462 g/mol. The van der Waals surface area contributed by atoms with Crippen LogP contribution in [0.5, 0.6) is 0 Å². The number of aliphatic hydroxyl groups excluding tert-OH is 1. The smallest absolute Gasteiger partial charge is 0.312 e. The molecule has 32 heavy (non-hydrogen) atoms. The van der Waals surface area contributed by atoms with Crippen molar-refractivity contribution >= 4 is 20.0 Å². The lowest BCUT2D eigenvalue weighted by Crippen LogP contribution is -2.54. The molecule has 180 valence electrons. The molecule has 0 saturated carbocycles. The quantitative estimate of drug-likeness (QED) is 0.542. The Morgan fingerprint density at radius 2 is 1.62 bits per heavy atom. The number of carbonyl (C=O) groups is 2. The van der Waals surface area contributed by atoms with Crippen molar-refractivity contribution < 1.29 is 19.8 Å². The highest BCUT2D eigenvalue weighted by Crippen LogP contribution is 2.54. The second-order valence-electron chi connectivity index (χ2n) is 12.6. The molecule has 1 aromatic rings. The van der Waals surface area contributed by atoms with E-state index in [0.29, 0.717) is 6.04 Å². The fraction of sp³-hybridized carbons (Fsp3) is 0.692. The number of hydrogen-bond acceptors (Lipinski definition) is 3. The van der Waals surface area contributed by atoms with Crippen molar-refractivity contribution in [3.8, 4) is 0 Å². The van der Waals surface area contributed by atoms with Crippen LogP contribution in [0.25, 0.3) is 0 Å². The van der Waals surface area contributed by atoms with Gasteiger partial charge in [-0.1, -0.05) is 85.0 Å². The Bertz CT molecular complexity index is 840. The molecule has 1 amide bonds. The van der Waals surface area contributed by atoms with Crippen LogP contribution in [0.2, 0.25) is 24.2 Å². The minimum Gasteiger partial charge on any atom is -0.481 e. The summed E-state index contributed by atoms with van der Waals surface area (Å²) in [5.41, 5.74) is -0.931. The number of benzene rings is 1. The number of carbonyl (C=O) groups excluding carboxylic acids is 1. The predicted octanol–water partition coefficient (Wildman–Crippen LogP) is 5.58. The van der Waals surface area contributed by atoms with E-state index in [2.05, 4.69) is 33.9 Å². The summed E-state index contributed by atoms with van der Waals surface area (Å²) >= 11 is 0. The molecule has 0 radical (unpaired) electrons. The van der Waals surface area contributed by atoms with Crippen LogP contribution in [0.3, 0.4) is 0 Å². The maximum absolute atomic E-state index is 14.0. The topological polar surface area (TPSA) is 77.8 Å². The summed E-state index contributed by atoms with van der Waals surface area (Å²) < 4.78 is 0. The molecule has 1 heterocycles. The standard InChI is InChI=1S/C26H43NO4Si/c1-17(18-14-12-11-13-15-18)27-21(29)20(19(28)16-32(9,10)25(5,6)7)26(8,23(30)31)22(27)24(2,3)4/h11-15,17,19-20,22,28H,16H2,1-10H3,(H,30,31)/t17-,19?,20?,22?,26+/m1/s1. The fourth-order valence-electron chi connectivity index (χ4n) is 5.39. The van der Waals surface area contributed by atoms with Crippen LogP contribution < -0.4 is 0 Å². The van der Waals surface area contributed by atoms with Crippen molar-refractivity contribution in [3.05, 3.63) is 35.9 Å². The number of aliphatic carboxylic acids is 1. The first kappa shape index (κ1) is 26.6. The molecule has 5 atom stereocenters. The lowest BCUT2D eigenvalue weighted by atomic mass is 9.65. The van der Waals surface area contributed by atoms with Gasteiger partial charge in [-0.3, -0.25) is 9.59 Å². The molecule has 0 bridgehead atoms. The van der Waals surface area contributed by atoms with Crippen LogP contribution in [-0.2, 0) is 9.59 Å². The third kappa shape index (κ3) is 4.53. The Morgan fingerprint density at radius 3 is 2.03 bits per heavy atom. The molecule has 1 fully saturated rings. The largest absolute Gasteiger partial charge is 0.481 e. The van der Waals surface area contributed by atoms with Gasteiger partial charge < -0.3 is 15.1 Å². The summed E-state index contributed by atoms with van der Waals surface area (Å²) in [5.74, 6) is -2.25. The number of carboxylic acid groups (broad SMARTS) is 1. The van der Waals surface area contributed by atoms with Crippen molar-refractivity contribution in [1.82, 2.24) is 4.90 Å². The molecule has 1 aliphatic rings. The van der Waals surface area contributed by atoms with Crippen molar-refractivity contribution in [3.63, 3.8) is 0 Å². The molecule has 2 rings (SSSR count). The van der Waals surface area contributed by atoms with Crippen LogP contribution in [-0.4, -0.2) is 47.2 Å². The third-order valence-electron chi connectivity index (χ3n) is 8.13. The fourth-order valence-corrected chi connectivity index (χ4v) is 7.28. The lowest BCUT2D eigenvalue weighted by Gasteiger charge is -2.45. The number of hydrogen-bond donors (Lipinski definition) is 2. The summed E-state index contributed by atoms with van der Waals surface area (Å²) in [7, 11) is -1.96. The first-order valence-corrected chi connectivity index (χ1v) is 14.9. The molecule has 0 aliphatic carbocycles. The number of nitrogens with zero attached hydrogens (tertiary/aromatic N) is 1. The molecule has 1 aliphatic heterocycles. The molecular formula is C26H43NO4Si. The molecular weight excluding hydrogens is 418 g/mol. The van der Waals surface area contributed by atoms with Crippen molar-refractivity contribution in [1.29, 1.82) is 0 Å². The van der Waals surface area contributed by atoms with Gasteiger partial charge in [-0.05, 0) is 35.9 Å². The van der Waals surface area contributed by atoms with E-state index in [1.807, 2.05) is 58.0 Å². The maximum Gasteiger partial charge on any atom is 0.312 e. The Balaban J connectivity index is 2.64. The van der Waals surface area contributed by atoms with Crippen LogP contribution in [0.1, 0.15) is 67.0 Å². The Labute approximate surface area is 195 Å². The van der Waals surface area contributed by atoms with Gasteiger partial charge in [-0.25, -0.2) is 0 Å². The third-order valence-corrected chi connectivity index (χ3v) is 13.6. The number of carboxylic acids is 1. The van der Waals surface area contributed by atoms with E-state index in [4.69, 9.17) is 0 Å². The van der Waals surface area contributed by atoms with Crippen LogP contribution in [0.15, 0.2) is 30.3 Å². The van der Waals surface area contributed by atoms with Gasteiger partial charge in [0.05, 0.1) is 37.6 Å². The normalized spacial score (nSPS) is 26.8. The van der Waals surface area contributed by atoms with Crippen LogP contribution in [0.4, 0.5) is 0 Å². The number of aliphatic hydroxyl groups is 1. The van der Waals surface area contributed by atoms with E-state index < -0.39 is 42.9 Å². The zero-order chi connectivity index (χ0) is 24.9. The van der Waals surface area contributed by atoms with Gasteiger partial charge in [0.15, 0.2) is 0 Å². The number of rotatable bonds is 6. The maximum atomic E-state index is 14.0. The van der Waals surface area contributed by atoms with Gasteiger partial charge in [0.1, 0.15) is 0 Å². The zero-order valence-corrected chi connectivity index (χ0v) is 22.6. The molecule has 3 unspecified atom stereocenters. The highest BCUT2D eigenvalue weighted by atomic mass is 28.3. The summed E-state index contributed by atoms with van der Waals surface area (Å²) in [6.07, 6.45) is -0.998. The van der Waals surface area contributed by atoms with E-state index in [9.17, 15) is 19.8 Å². The summed E-state index contributed by atoms with van der Waals surface area (Å²) in [4.78, 5) is 28.6. The van der Waals surface area contributed by atoms with E-state index in [-0.39, 0.29) is 17.0 Å². The number of amides is 1. The first-order valence-electron chi connectivity index (χ1n) is 11.7. The molecule has 0 aromatic heterocycles. The highest BCUT2D eigenvalue weighted by molar-refractivity contribution is 6.80. The van der Waals surface area contributed by atoms with Gasteiger partial charge in [0.25, 0.3) is 0 Å². The van der Waals surface area contributed by atoms with Gasteiger partial charge in [0.2, 0.25) is 5.91 Å². The minimum absolute atomic E-state index is 0.0235. The second kappa shape index (κ2) is 8.60. The van der Waals surface area contributed by atoms with Crippen LogP contribution in [0, 0.1) is 16.7 Å². The zero-order valence-electron chi connectivity index (χ0n) is 21.6. The Morgan fingerprint density at radius 1 is 1.12 bits per heavy atom. The summed E-state index contributed by atoms with van der Waals surface area (Å²) in [6, 6.07) is 9.35. The van der Waals surface area contributed by atoms with Crippen molar-refractivity contribution in [2.24, 2.45) is 16.7 Å². The lowest BCUT2D eigenvalue weighted by molar-refractivity contribution is -0.157. The second-order valence-corrected chi connectivity index (χ2v) is 18.2. The average Bonchev–Trinajstić information content (AvgIpc) is 2.89. The predicted molar refractivity (Wildman–Crippen MR) is 132 cm³/mol. The SMILES string of the molecule is C[C@H](c1ccccc1)N1C(=O)C(C(O)C[Si](C)(C)C(C)(C)C)[C@](C)(C(=O)O)C1C(C)(C)C. The molecule has 0 spiro atoms. The Hall–Kier alpha value is -1.66. The van der Waals surface area contributed by atoms with Gasteiger partial charge in [-0.15, -0.1) is 0 Å². The molecule has 1 saturated heterocycles. The Kier molecular flexibility index (Phi) is 7.15. The van der Waals surface area contributed by atoms with Gasteiger partial charge in [0, 0.05) is 0 Å². The van der Waals surface area contributed by atoms with E-state index >= 15 is 0 Å². The molecule has 6 heteroatoms. The van der Waals surface area contributed by atoms with Crippen molar-refractivity contribution in [2.75, 3.05) is 0 Å². The van der Waals surface area contributed by atoms with E-state index in [1.165, 1.54) is 0 Å².